The number of aryl methyl sites for hydroxylation is 3. The van der Waals surface area contributed by atoms with Crippen molar-refractivity contribution in [2.45, 2.75) is 52.6 Å². The topological polar surface area (TPSA) is 122 Å². The Hall–Kier alpha value is -4.49. The molecule has 0 aliphatic carbocycles. The number of aromatic nitrogens is 1. The second kappa shape index (κ2) is 14.8. The van der Waals surface area contributed by atoms with Crippen LogP contribution in [0.5, 0.6) is 0 Å². The number of hydrogen-bond donors (Lipinski definition) is 5. The number of H-pyrrole nitrogens is 1. The minimum atomic E-state index is -1.03. The molecule has 7 heteroatoms. The molecule has 1 aromatic heterocycles. The Morgan fingerprint density at radius 2 is 1.34 bits per heavy atom. The van der Waals surface area contributed by atoms with E-state index < -0.39 is 5.54 Å². The van der Waals surface area contributed by atoms with Crippen molar-refractivity contribution in [1.82, 2.24) is 15.2 Å². The van der Waals surface area contributed by atoms with Crippen molar-refractivity contribution < 1.29 is 4.79 Å². The van der Waals surface area contributed by atoms with Crippen molar-refractivity contribution in [3.63, 3.8) is 0 Å². The maximum Gasteiger partial charge on any atom is 0.239 e. The van der Waals surface area contributed by atoms with Gasteiger partial charge in [0.2, 0.25) is 5.91 Å². The van der Waals surface area contributed by atoms with E-state index in [0.29, 0.717) is 25.2 Å². The highest BCUT2D eigenvalue weighted by molar-refractivity contribution is 6.00. The third-order valence-electron chi connectivity index (χ3n) is 6.77. The first-order chi connectivity index (χ1) is 19.5. The van der Waals surface area contributed by atoms with Crippen LogP contribution in [0.2, 0.25) is 0 Å². The Kier molecular flexibility index (Phi) is 11.2. The Morgan fingerprint density at radius 3 is 1.85 bits per heavy atom. The van der Waals surface area contributed by atoms with Gasteiger partial charge in [0.15, 0.2) is 0 Å². The largest absolute Gasteiger partial charge is 0.367 e. The Bertz CT molecular complexity index is 1390. The highest BCUT2D eigenvalue weighted by Gasteiger charge is 2.23. The molecule has 0 unspecified atom stereocenters. The summed E-state index contributed by atoms with van der Waals surface area (Å²) >= 11 is 0. The highest BCUT2D eigenvalue weighted by Crippen LogP contribution is 2.20. The first-order valence-electron chi connectivity index (χ1n) is 13.8. The zero-order valence-corrected chi connectivity index (χ0v) is 24.5. The second-order valence-corrected chi connectivity index (χ2v) is 10.8. The van der Waals surface area contributed by atoms with Gasteiger partial charge < -0.3 is 20.9 Å². The van der Waals surface area contributed by atoms with Crippen LogP contribution in [0, 0.1) is 24.7 Å². The molecule has 1 amide bonds. The lowest BCUT2D eigenvalue weighted by atomic mass is 10.0. The van der Waals surface area contributed by atoms with Gasteiger partial charge in [-0.15, -0.1) is 0 Å². The van der Waals surface area contributed by atoms with Crippen molar-refractivity contribution in [2.75, 3.05) is 6.54 Å². The summed E-state index contributed by atoms with van der Waals surface area (Å²) in [7, 11) is 0. The fourth-order valence-corrected chi connectivity index (χ4v) is 4.02. The van der Waals surface area contributed by atoms with Gasteiger partial charge in [-0.1, -0.05) is 84.9 Å². The maximum atomic E-state index is 12.2. The monoisotopic (exact) mass is 550 g/mol. The molecule has 0 atom stereocenters. The zero-order chi connectivity index (χ0) is 29.8. The summed E-state index contributed by atoms with van der Waals surface area (Å²) in [6, 6.07) is 28.3. The van der Waals surface area contributed by atoms with Crippen LogP contribution in [0.1, 0.15) is 42.5 Å². The van der Waals surface area contributed by atoms with Crippen LogP contribution in [-0.4, -0.2) is 39.5 Å². The maximum absolute atomic E-state index is 12.2. The number of amidine groups is 2. The molecule has 41 heavy (non-hydrogen) atoms. The van der Waals surface area contributed by atoms with E-state index >= 15 is 0 Å². The molecule has 7 nitrogen and oxygen atoms in total. The van der Waals surface area contributed by atoms with Gasteiger partial charge in [0, 0.05) is 18.8 Å². The molecule has 0 saturated heterocycles. The average Bonchev–Trinajstić information content (AvgIpc) is 3.36. The highest BCUT2D eigenvalue weighted by atomic mass is 16.2. The summed E-state index contributed by atoms with van der Waals surface area (Å²) in [5.74, 6) is 0.158. The van der Waals surface area contributed by atoms with Crippen LogP contribution in [0.15, 0.2) is 97.3 Å². The van der Waals surface area contributed by atoms with E-state index in [1.54, 1.807) is 18.7 Å². The number of carbonyl (C=O) groups excluding carboxylic acids is 1. The molecule has 0 bridgehead atoms. The second-order valence-electron chi connectivity index (χ2n) is 10.8. The van der Waals surface area contributed by atoms with Gasteiger partial charge >= 0.3 is 0 Å². The van der Waals surface area contributed by atoms with E-state index in [1.165, 1.54) is 11.1 Å². The number of benzene rings is 3. The predicted molar refractivity (Wildman–Crippen MR) is 169 cm³/mol. The van der Waals surface area contributed by atoms with E-state index in [0.717, 1.165) is 22.3 Å². The molecule has 0 saturated carbocycles. The first-order valence-corrected chi connectivity index (χ1v) is 13.8. The van der Waals surface area contributed by atoms with Gasteiger partial charge in [-0.25, -0.2) is 0 Å². The lowest BCUT2D eigenvalue weighted by Crippen LogP contribution is -2.52. The van der Waals surface area contributed by atoms with Crippen molar-refractivity contribution in [2.24, 2.45) is 5.73 Å². The Labute approximate surface area is 243 Å². The van der Waals surface area contributed by atoms with Gasteiger partial charge in [0.1, 0.15) is 11.7 Å². The fraction of sp³-hybridized carbons (Fsp3) is 0.265. The molecule has 0 aliphatic rings. The molecular formula is C34H42N6O. The van der Waals surface area contributed by atoms with Crippen LogP contribution in [0.4, 0.5) is 0 Å². The van der Waals surface area contributed by atoms with Crippen molar-refractivity contribution >= 4 is 17.6 Å². The number of nitrogens with zero attached hydrogens (tertiary/aromatic N) is 1. The molecule has 0 radical (unpaired) electrons. The fourth-order valence-electron chi connectivity index (χ4n) is 4.02. The molecule has 3 aromatic carbocycles. The number of aromatic amines is 1. The van der Waals surface area contributed by atoms with Crippen LogP contribution in [0.25, 0.3) is 11.1 Å². The number of rotatable bonds is 9. The Balaban J connectivity index is 0.000000575. The summed E-state index contributed by atoms with van der Waals surface area (Å²) in [6.07, 6.45) is 5.19. The lowest BCUT2D eigenvalue weighted by Gasteiger charge is -2.27. The van der Waals surface area contributed by atoms with Gasteiger partial charge in [0.25, 0.3) is 0 Å². The first kappa shape index (κ1) is 31.0. The zero-order valence-electron chi connectivity index (χ0n) is 24.5. The van der Waals surface area contributed by atoms with Crippen molar-refractivity contribution in [3.8, 4) is 11.1 Å². The number of amides is 1. The molecule has 4 aromatic rings. The third kappa shape index (κ3) is 9.89. The summed E-state index contributed by atoms with van der Waals surface area (Å²) in [5.41, 5.74) is 11.9. The van der Waals surface area contributed by atoms with E-state index in [2.05, 4.69) is 48.4 Å². The molecular weight excluding hydrogens is 508 g/mol. The molecule has 214 valence electrons. The summed E-state index contributed by atoms with van der Waals surface area (Å²) in [5, 5.41) is 20.0. The van der Waals surface area contributed by atoms with Crippen molar-refractivity contribution in [3.05, 3.63) is 120 Å². The lowest BCUT2D eigenvalue weighted by molar-refractivity contribution is -0.124. The Morgan fingerprint density at radius 1 is 0.805 bits per heavy atom. The minimum absolute atomic E-state index is 0.00921. The molecule has 0 aliphatic heterocycles. The SMILES string of the molecule is CC(C)(N)C(=O)NCC(=N)N(Cc1ccc(-c2ccccc2)cc1)C(=N)CCc1ccccc1.Cc1c[nH]cc1C. The smallest absolute Gasteiger partial charge is 0.239 e. The van der Waals surface area contributed by atoms with E-state index in [1.807, 2.05) is 73.1 Å². The number of hydrogen-bond acceptors (Lipinski definition) is 4. The molecule has 4 rings (SSSR count). The summed E-state index contributed by atoms with van der Waals surface area (Å²) in [4.78, 5) is 16.9. The molecule has 0 spiro atoms. The van der Waals surface area contributed by atoms with Gasteiger partial charge in [-0.05, 0) is 67.5 Å². The van der Waals surface area contributed by atoms with E-state index in [4.69, 9.17) is 16.6 Å². The molecule has 6 N–H and O–H groups in total. The summed E-state index contributed by atoms with van der Waals surface area (Å²) in [6.45, 7) is 7.82. The minimum Gasteiger partial charge on any atom is -0.367 e. The average molecular weight is 551 g/mol. The predicted octanol–water partition coefficient (Wildman–Crippen LogP) is 6.23. The summed E-state index contributed by atoms with van der Waals surface area (Å²) < 4.78 is 0. The number of nitrogens with one attached hydrogen (secondary N) is 4. The van der Waals surface area contributed by atoms with Crippen LogP contribution < -0.4 is 11.1 Å². The van der Waals surface area contributed by atoms with Gasteiger partial charge in [-0.3, -0.25) is 15.6 Å². The normalized spacial score (nSPS) is 10.8. The molecule has 1 heterocycles. The van der Waals surface area contributed by atoms with Crippen LogP contribution >= 0.6 is 0 Å². The van der Waals surface area contributed by atoms with Gasteiger partial charge in [-0.2, -0.15) is 0 Å². The quantitative estimate of drug-likeness (QED) is 0.125. The molecule has 0 fully saturated rings. The van der Waals surface area contributed by atoms with Gasteiger partial charge in [0.05, 0.1) is 18.6 Å². The third-order valence-corrected chi connectivity index (χ3v) is 6.77. The number of carbonyl (C=O) groups is 1. The van der Waals surface area contributed by atoms with E-state index in [-0.39, 0.29) is 18.3 Å². The van der Waals surface area contributed by atoms with Crippen molar-refractivity contribution in [1.29, 1.82) is 10.8 Å². The van der Waals surface area contributed by atoms with Crippen LogP contribution in [-0.2, 0) is 17.8 Å². The van der Waals surface area contributed by atoms with Crippen LogP contribution in [0.3, 0.4) is 0 Å². The standard InChI is InChI=1S/C28H33N5O.C6H9N/c1-28(2,31)27(34)32-19-26(30)33(25(29)18-15-21-9-5-3-6-10-21)20-22-13-16-24(17-14-22)23-11-7-4-8-12-23;1-5-3-7-4-6(5)2/h3-14,16-17,29-30H,15,18-20,31H2,1-2H3,(H,32,34);3-4,7H,1-2H3. The number of nitrogens with two attached hydrogens (primary N) is 1. The van der Waals surface area contributed by atoms with E-state index in [9.17, 15) is 4.79 Å².